The molecule has 304 valence electrons. The number of aromatic nitrogens is 1. The topological polar surface area (TPSA) is 19.0 Å². The molecule has 1 unspecified atom stereocenters. The SMILES string of the molecule is C1=CCCC(c2ccc(N(c3ccc(-c4cccc5c4Cc4ccccc4-5)cc3)c3cccc4c3C3=C(CCC=C3)C43c4ccccc4-c4ccccc[nH]c5c3cccc45)cc2)=C1. The predicted molar refractivity (Wildman–Crippen MR) is 268 cm³/mol. The fourth-order valence-electron chi connectivity index (χ4n) is 11.9. The van der Waals surface area contributed by atoms with Crippen LogP contribution in [0.1, 0.15) is 64.6 Å². The van der Waals surface area contributed by atoms with Gasteiger partial charge in [-0.05, 0) is 152 Å². The molecule has 2 nitrogen and oxygen atoms in total. The number of anilines is 3. The second-order valence-corrected chi connectivity index (χ2v) is 17.8. The van der Waals surface area contributed by atoms with E-state index in [0.29, 0.717) is 0 Å². The Bertz CT molecular complexity index is 3410. The number of benzene rings is 7. The predicted octanol–water partition coefficient (Wildman–Crippen LogP) is 16.2. The van der Waals surface area contributed by atoms with Crippen LogP contribution in [-0.2, 0) is 11.8 Å². The highest BCUT2D eigenvalue weighted by Crippen LogP contribution is 2.63. The maximum Gasteiger partial charge on any atom is 0.0703 e. The van der Waals surface area contributed by atoms with Crippen molar-refractivity contribution in [2.24, 2.45) is 0 Å². The molecule has 5 aliphatic carbocycles. The lowest BCUT2D eigenvalue weighted by atomic mass is 9.64. The number of H-pyrrole nitrogens is 1. The lowest BCUT2D eigenvalue weighted by molar-refractivity contribution is 0.703. The monoisotopic (exact) mass is 818 g/mol. The van der Waals surface area contributed by atoms with Gasteiger partial charge in [-0.25, -0.2) is 0 Å². The van der Waals surface area contributed by atoms with Crippen molar-refractivity contribution in [3.63, 3.8) is 0 Å². The third-order valence-electron chi connectivity index (χ3n) is 14.6. The van der Waals surface area contributed by atoms with Crippen LogP contribution in [0.15, 0.2) is 218 Å². The number of hydrogen-bond acceptors (Lipinski definition) is 1. The average Bonchev–Trinajstić information content (AvgIpc) is 3.91. The van der Waals surface area contributed by atoms with Gasteiger partial charge in [0, 0.05) is 28.5 Å². The number of rotatable bonds is 5. The van der Waals surface area contributed by atoms with Crippen molar-refractivity contribution >= 4 is 39.1 Å². The molecule has 0 saturated heterocycles. The molecule has 1 atom stereocenters. The van der Waals surface area contributed by atoms with E-state index in [-0.39, 0.29) is 0 Å². The Balaban J connectivity index is 1.04. The van der Waals surface area contributed by atoms with Crippen molar-refractivity contribution in [2.45, 2.75) is 37.5 Å². The third-order valence-corrected chi connectivity index (χ3v) is 14.6. The Labute approximate surface area is 375 Å². The van der Waals surface area contributed by atoms with Crippen molar-refractivity contribution in [3.8, 4) is 33.4 Å². The van der Waals surface area contributed by atoms with E-state index in [0.717, 1.165) is 43.5 Å². The lowest BCUT2D eigenvalue weighted by Crippen LogP contribution is -2.31. The summed E-state index contributed by atoms with van der Waals surface area (Å²) in [5.74, 6) is 0. The average molecular weight is 819 g/mol. The maximum absolute atomic E-state index is 3.84. The number of fused-ring (bicyclic) bond motifs is 11. The van der Waals surface area contributed by atoms with Crippen LogP contribution in [-0.4, -0.2) is 4.98 Å². The van der Waals surface area contributed by atoms with E-state index in [1.165, 1.54) is 106 Å². The normalized spacial score (nSPS) is 17.0. The summed E-state index contributed by atoms with van der Waals surface area (Å²) in [5, 5.41) is 1.23. The molecule has 5 aliphatic rings. The number of nitrogens with one attached hydrogen (secondary N) is 1. The quantitative estimate of drug-likeness (QED) is 0.183. The number of aromatic amines is 1. The minimum atomic E-state index is -0.516. The van der Waals surface area contributed by atoms with E-state index in [9.17, 15) is 0 Å². The van der Waals surface area contributed by atoms with Crippen LogP contribution in [0, 0.1) is 0 Å². The molecule has 0 aliphatic heterocycles. The number of para-hydroxylation sites is 1. The Morgan fingerprint density at radius 2 is 1.19 bits per heavy atom. The molecule has 0 radical (unpaired) electrons. The van der Waals surface area contributed by atoms with Crippen molar-refractivity contribution < 1.29 is 0 Å². The molecule has 8 aromatic rings. The summed E-state index contributed by atoms with van der Waals surface area (Å²) in [6, 6.07) is 66.3. The Morgan fingerprint density at radius 3 is 2.05 bits per heavy atom. The summed E-state index contributed by atoms with van der Waals surface area (Å²) in [4.78, 5) is 6.36. The molecule has 1 spiro atoms. The van der Waals surface area contributed by atoms with Gasteiger partial charge >= 0.3 is 0 Å². The molecule has 1 aromatic heterocycles. The van der Waals surface area contributed by atoms with Gasteiger partial charge in [0.15, 0.2) is 0 Å². The summed E-state index contributed by atoms with van der Waals surface area (Å²) in [6.45, 7) is 0. The second kappa shape index (κ2) is 14.7. The highest BCUT2D eigenvalue weighted by atomic mass is 15.1. The summed E-state index contributed by atoms with van der Waals surface area (Å²) in [7, 11) is 0. The molecule has 0 amide bonds. The first-order chi connectivity index (χ1) is 31.8. The fraction of sp³-hybridized carbons (Fsp3) is 0.0968. The largest absolute Gasteiger partial charge is 0.361 e. The second-order valence-electron chi connectivity index (χ2n) is 17.8. The molecule has 4 bridgehead atoms. The van der Waals surface area contributed by atoms with Gasteiger partial charge in [-0.15, -0.1) is 0 Å². The van der Waals surface area contributed by atoms with E-state index < -0.39 is 5.41 Å². The molecular weight excluding hydrogens is 773 g/mol. The van der Waals surface area contributed by atoms with Crippen LogP contribution in [0.25, 0.3) is 55.4 Å². The van der Waals surface area contributed by atoms with Crippen LogP contribution in [0.4, 0.5) is 17.1 Å². The molecule has 64 heavy (non-hydrogen) atoms. The number of allylic oxidation sites excluding steroid dienone is 8. The van der Waals surface area contributed by atoms with Crippen molar-refractivity contribution in [1.82, 2.24) is 4.98 Å². The standard InChI is InChI=1S/C62H46N2/c1-3-16-41(17-4-1)42-31-35-45(36-32-42)64(46-37-33-43(34-38-46)47-23-13-24-49-48-19-7-6-18-44(48)40-54(47)49)59-30-15-28-57-60(59)53-22-9-11-27-56(53)62(57)55-26-10-8-21-51(55)50-20-5-2-12-39-63-61-52(50)25-14-29-58(61)62/h1-3,5-10,12-16,18-26,28-39,63H,4,11,17,27,40H2. The summed E-state index contributed by atoms with van der Waals surface area (Å²) < 4.78 is 0. The molecule has 1 N–H and O–H groups in total. The zero-order valence-corrected chi connectivity index (χ0v) is 35.7. The molecule has 13 rings (SSSR count). The molecular formula is C62H46N2. The molecule has 7 aromatic carbocycles. The fourth-order valence-corrected chi connectivity index (χ4v) is 11.9. The summed E-state index contributed by atoms with van der Waals surface area (Å²) >= 11 is 0. The molecule has 0 fully saturated rings. The van der Waals surface area contributed by atoms with Crippen molar-refractivity contribution in [2.75, 3.05) is 4.90 Å². The van der Waals surface area contributed by atoms with Gasteiger partial charge in [-0.3, -0.25) is 0 Å². The number of hydrogen-bond donors (Lipinski definition) is 1. The van der Waals surface area contributed by atoms with Crippen LogP contribution in [0.2, 0.25) is 0 Å². The summed E-state index contributed by atoms with van der Waals surface area (Å²) in [5.41, 5.74) is 25.6. The summed E-state index contributed by atoms with van der Waals surface area (Å²) in [6.07, 6.45) is 18.8. The van der Waals surface area contributed by atoms with E-state index >= 15 is 0 Å². The minimum Gasteiger partial charge on any atom is -0.361 e. The van der Waals surface area contributed by atoms with Gasteiger partial charge < -0.3 is 9.88 Å². The van der Waals surface area contributed by atoms with Gasteiger partial charge in [0.2, 0.25) is 0 Å². The van der Waals surface area contributed by atoms with Gasteiger partial charge in [0.1, 0.15) is 0 Å². The Hall–Kier alpha value is -7.68. The first-order valence-corrected chi connectivity index (χ1v) is 22.9. The first kappa shape index (κ1) is 36.9. The zero-order valence-electron chi connectivity index (χ0n) is 35.7. The third kappa shape index (κ3) is 5.45. The Morgan fingerprint density at radius 1 is 0.500 bits per heavy atom. The maximum atomic E-state index is 3.84. The van der Waals surface area contributed by atoms with Gasteiger partial charge in [0.05, 0.1) is 16.6 Å². The van der Waals surface area contributed by atoms with E-state index in [1.54, 1.807) is 0 Å². The highest BCUT2D eigenvalue weighted by Gasteiger charge is 2.51. The van der Waals surface area contributed by atoms with E-state index in [4.69, 9.17) is 0 Å². The van der Waals surface area contributed by atoms with E-state index in [1.807, 2.05) is 0 Å². The van der Waals surface area contributed by atoms with Crippen molar-refractivity contribution in [3.05, 3.63) is 257 Å². The smallest absolute Gasteiger partial charge is 0.0703 e. The van der Waals surface area contributed by atoms with Crippen LogP contribution < -0.4 is 4.90 Å². The lowest BCUT2D eigenvalue weighted by Gasteiger charge is -2.37. The van der Waals surface area contributed by atoms with Crippen LogP contribution in [0.5, 0.6) is 0 Å². The Kier molecular flexibility index (Phi) is 8.49. The van der Waals surface area contributed by atoms with Crippen molar-refractivity contribution in [1.29, 1.82) is 0 Å². The van der Waals surface area contributed by atoms with E-state index in [2.05, 4.69) is 222 Å². The first-order valence-electron chi connectivity index (χ1n) is 22.9. The molecule has 1 heterocycles. The highest BCUT2D eigenvalue weighted by molar-refractivity contribution is 6.06. The van der Waals surface area contributed by atoms with Gasteiger partial charge in [0.25, 0.3) is 0 Å². The van der Waals surface area contributed by atoms with Crippen LogP contribution in [0.3, 0.4) is 0 Å². The molecule has 2 heteroatoms. The zero-order chi connectivity index (χ0) is 42.2. The van der Waals surface area contributed by atoms with Gasteiger partial charge in [-0.1, -0.05) is 170 Å². The minimum absolute atomic E-state index is 0.516. The van der Waals surface area contributed by atoms with Crippen LogP contribution >= 0.6 is 0 Å². The molecule has 0 saturated carbocycles. The van der Waals surface area contributed by atoms with Gasteiger partial charge in [-0.2, -0.15) is 0 Å². The number of nitrogens with zero attached hydrogens (tertiary/aromatic N) is 1.